The van der Waals surface area contributed by atoms with E-state index < -0.39 is 0 Å². The third-order valence-electron chi connectivity index (χ3n) is 6.44. The van der Waals surface area contributed by atoms with Gasteiger partial charge in [-0.2, -0.15) is 0 Å². The molecule has 1 N–H and O–H groups in total. The molecule has 0 spiro atoms. The molecule has 7 nitrogen and oxygen atoms in total. The molecule has 2 heterocycles. The van der Waals surface area contributed by atoms with E-state index in [1.54, 1.807) is 19.4 Å². The molecule has 1 saturated heterocycles. The molecule has 2 fully saturated rings. The van der Waals surface area contributed by atoms with E-state index in [4.69, 9.17) is 9.15 Å². The lowest BCUT2D eigenvalue weighted by atomic mass is 9.95. The van der Waals surface area contributed by atoms with E-state index in [2.05, 4.69) is 10.2 Å². The fourth-order valence-corrected chi connectivity index (χ4v) is 4.78. The SMILES string of the molecule is COc1cccc(C(=O)N2CCN([C@H](C(=O)NCc3ccco3)C3CCCC3)CC2)c1. The topological polar surface area (TPSA) is 75.0 Å². The van der Waals surface area contributed by atoms with Crippen LogP contribution in [0, 0.1) is 5.92 Å². The second kappa shape index (κ2) is 10.0. The van der Waals surface area contributed by atoms with E-state index in [-0.39, 0.29) is 17.9 Å². The lowest BCUT2D eigenvalue weighted by Gasteiger charge is -2.40. The Morgan fingerprint density at radius 1 is 1.13 bits per heavy atom. The number of hydrogen-bond donors (Lipinski definition) is 1. The summed E-state index contributed by atoms with van der Waals surface area (Å²) in [5.41, 5.74) is 0.635. The Balaban J connectivity index is 1.38. The Bertz CT molecular complexity index is 869. The second-order valence-electron chi connectivity index (χ2n) is 8.35. The molecule has 0 bridgehead atoms. The van der Waals surface area contributed by atoms with Crippen molar-refractivity contribution in [2.24, 2.45) is 5.92 Å². The maximum Gasteiger partial charge on any atom is 0.254 e. The van der Waals surface area contributed by atoms with Crippen LogP contribution in [0.1, 0.15) is 41.8 Å². The van der Waals surface area contributed by atoms with Crippen LogP contribution in [0.3, 0.4) is 0 Å². The van der Waals surface area contributed by atoms with Gasteiger partial charge >= 0.3 is 0 Å². The number of methoxy groups -OCH3 is 1. The molecule has 1 saturated carbocycles. The number of amides is 2. The van der Waals surface area contributed by atoms with Gasteiger partial charge in [-0.05, 0) is 49.1 Å². The minimum absolute atomic E-state index is 0.0123. The van der Waals surface area contributed by atoms with Crippen molar-refractivity contribution in [1.29, 1.82) is 0 Å². The van der Waals surface area contributed by atoms with Gasteiger partial charge in [-0.15, -0.1) is 0 Å². The Morgan fingerprint density at radius 3 is 2.58 bits per heavy atom. The van der Waals surface area contributed by atoms with Crippen molar-refractivity contribution in [3.05, 3.63) is 54.0 Å². The third-order valence-corrected chi connectivity index (χ3v) is 6.44. The maximum absolute atomic E-state index is 13.1. The van der Waals surface area contributed by atoms with Crippen molar-refractivity contribution in [3.63, 3.8) is 0 Å². The van der Waals surface area contributed by atoms with Crippen LogP contribution in [-0.2, 0) is 11.3 Å². The summed E-state index contributed by atoms with van der Waals surface area (Å²) in [5.74, 6) is 1.89. The Kier molecular flexibility index (Phi) is 6.92. The van der Waals surface area contributed by atoms with Crippen molar-refractivity contribution < 1.29 is 18.7 Å². The second-order valence-corrected chi connectivity index (χ2v) is 8.35. The Hall–Kier alpha value is -2.80. The van der Waals surface area contributed by atoms with Crippen molar-refractivity contribution in [2.75, 3.05) is 33.3 Å². The van der Waals surface area contributed by atoms with Crippen LogP contribution >= 0.6 is 0 Å². The number of ether oxygens (including phenoxy) is 1. The number of carbonyl (C=O) groups is 2. The van der Waals surface area contributed by atoms with Gasteiger partial charge in [0.05, 0.1) is 26.0 Å². The number of furan rings is 1. The standard InChI is InChI=1S/C24H31N3O4/c1-30-20-9-4-8-19(16-20)24(29)27-13-11-26(12-14-27)22(18-6-2-3-7-18)23(28)25-17-21-10-5-15-31-21/h4-5,8-10,15-16,18,22H,2-3,6-7,11-14,17H2,1H3,(H,25,28)/t22-/m0/s1. The molecular weight excluding hydrogens is 394 g/mol. The van der Waals surface area contributed by atoms with Gasteiger partial charge in [0.15, 0.2) is 0 Å². The fraction of sp³-hybridized carbons (Fsp3) is 0.500. The number of nitrogens with zero attached hydrogens (tertiary/aromatic N) is 2. The van der Waals surface area contributed by atoms with Crippen LogP contribution in [0.2, 0.25) is 0 Å². The quantitative estimate of drug-likeness (QED) is 0.738. The van der Waals surface area contributed by atoms with E-state index in [1.165, 1.54) is 12.8 Å². The summed E-state index contributed by atoms with van der Waals surface area (Å²) < 4.78 is 10.6. The van der Waals surface area contributed by atoms with Crippen LogP contribution in [0.25, 0.3) is 0 Å². The molecule has 0 unspecified atom stereocenters. The molecule has 166 valence electrons. The third kappa shape index (κ3) is 5.10. The van der Waals surface area contributed by atoms with Crippen molar-refractivity contribution in [3.8, 4) is 5.75 Å². The molecule has 1 atom stereocenters. The zero-order valence-corrected chi connectivity index (χ0v) is 18.1. The van der Waals surface area contributed by atoms with E-state index in [0.717, 1.165) is 18.6 Å². The summed E-state index contributed by atoms with van der Waals surface area (Å²) in [4.78, 5) is 30.2. The van der Waals surface area contributed by atoms with E-state index in [1.807, 2.05) is 35.2 Å². The number of hydrogen-bond acceptors (Lipinski definition) is 5. The van der Waals surface area contributed by atoms with E-state index >= 15 is 0 Å². The van der Waals surface area contributed by atoms with Gasteiger partial charge in [0.1, 0.15) is 11.5 Å². The molecule has 2 amide bonds. The number of piperazine rings is 1. The van der Waals surface area contributed by atoms with Crippen molar-refractivity contribution in [1.82, 2.24) is 15.1 Å². The Labute approximate surface area is 183 Å². The van der Waals surface area contributed by atoms with Gasteiger partial charge < -0.3 is 19.4 Å². The van der Waals surface area contributed by atoms with Gasteiger partial charge in [-0.3, -0.25) is 14.5 Å². The average Bonchev–Trinajstić information content (AvgIpc) is 3.52. The van der Waals surface area contributed by atoms with Gasteiger partial charge in [0.25, 0.3) is 5.91 Å². The van der Waals surface area contributed by atoms with Crippen LogP contribution in [0.15, 0.2) is 47.1 Å². The molecular formula is C24H31N3O4. The monoisotopic (exact) mass is 425 g/mol. The van der Waals surface area contributed by atoms with Crippen LogP contribution < -0.4 is 10.1 Å². The van der Waals surface area contributed by atoms with E-state index in [9.17, 15) is 9.59 Å². The molecule has 31 heavy (non-hydrogen) atoms. The van der Waals surface area contributed by atoms with Crippen LogP contribution in [0.5, 0.6) is 5.75 Å². The molecule has 2 aliphatic rings. The molecule has 1 aliphatic carbocycles. The Morgan fingerprint density at radius 2 is 1.90 bits per heavy atom. The fourth-order valence-electron chi connectivity index (χ4n) is 4.78. The zero-order chi connectivity index (χ0) is 21.6. The summed E-state index contributed by atoms with van der Waals surface area (Å²) in [6, 6.07) is 10.8. The largest absolute Gasteiger partial charge is 0.497 e. The van der Waals surface area contributed by atoms with Gasteiger partial charge in [0.2, 0.25) is 5.91 Å². The minimum atomic E-state index is -0.147. The number of rotatable bonds is 7. The van der Waals surface area contributed by atoms with Crippen LogP contribution in [-0.4, -0.2) is 60.9 Å². The summed E-state index contributed by atoms with van der Waals surface area (Å²) in [6.45, 7) is 3.04. The summed E-state index contributed by atoms with van der Waals surface area (Å²) in [6.07, 6.45) is 6.15. The summed E-state index contributed by atoms with van der Waals surface area (Å²) in [5, 5.41) is 3.06. The normalized spacial score (nSPS) is 18.7. The molecule has 1 aliphatic heterocycles. The molecule has 7 heteroatoms. The van der Waals surface area contributed by atoms with Crippen LogP contribution in [0.4, 0.5) is 0 Å². The van der Waals surface area contributed by atoms with Gasteiger partial charge in [-0.25, -0.2) is 0 Å². The van der Waals surface area contributed by atoms with Gasteiger partial charge in [0, 0.05) is 31.7 Å². The molecule has 1 aromatic carbocycles. The predicted octanol–water partition coefficient (Wildman–Crippen LogP) is 2.92. The number of nitrogens with one attached hydrogen (secondary N) is 1. The maximum atomic E-state index is 13.1. The number of benzene rings is 1. The average molecular weight is 426 g/mol. The summed E-state index contributed by atoms with van der Waals surface area (Å²) in [7, 11) is 1.60. The number of carbonyl (C=O) groups excluding carboxylic acids is 2. The van der Waals surface area contributed by atoms with Gasteiger partial charge in [-0.1, -0.05) is 18.9 Å². The smallest absolute Gasteiger partial charge is 0.254 e. The highest BCUT2D eigenvalue weighted by atomic mass is 16.5. The highest BCUT2D eigenvalue weighted by Crippen LogP contribution is 2.31. The first-order valence-electron chi connectivity index (χ1n) is 11.1. The molecule has 4 rings (SSSR count). The highest BCUT2D eigenvalue weighted by Gasteiger charge is 2.37. The minimum Gasteiger partial charge on any atom is -0.497 e. The lowest BCUT2D eigenvalue weighted by Crippen LogP contribution is -2.57. The van der Waals surface area contributed by atoms with Crippen molar-refractivity contribution in [2.45, 2.75) is 38.3 Å². The molecule has 1 aromatic heterocycles. The molecule has 2 aromatic rings. The van der Waals surface area contributed by atoms with E-state index in [0.29, 0.717) is 50.0 Å². The lowest BCUT2D eigenvalue weighted by molar-refractivity contribution is -0.129. The molecule has 0 radical (unpaired) electrons. The predicted molar refractivity (Wildman–Crippen MR) is 117 cm³/mol. The van der Waals surface area contributed by atoms with Crippen molar-refractivity contribution >= 4 is 11.8 Å². The first-order valence-corrected chi connectivity index (χ1v) is 11.1. The highest BCUT2D eigenvalue weighted by molar-refractivity contribution is 5.94. The summed E-state index contributed by atoms with van der Waals surface area (Å²) >= 11 is 0. The zero-order valence-electron chi connectivity index (χ0n) is 18.1. The first kappa shape index (κ1) is 21.4. The first-order chi connectivity index (χ1) is 15.2.